The highest BCUT2D eigenvalue weighted by Gasteiger charge is 2.11. The van der Waals surface area contributed by atoms with Crippen LogP contribution in [0.3, 0.4) is 0 Å². The number of aryl methyl sites for hydroxylation is 1. The summed E-state index contributed by atoms with van der Waals surface area (Å²) in [6.07, 6.45) is 0.526. The van der Waals surface area contributed by atoms with Crippen LogP contribution in [0, 0.1) is 6.92 Å². The molecule has 0 saturated carbocycles. The number of hydrogen-bond acceptors (Lipinski definition) is 4. The molecule has 20 heavy (non-hydrogen) atoms. The van der Waals surface area contributed by atoms with Gasteiger partial charge in [0.15, 0.2) is 5.78 Å². The van der Waals surface area contributed by atoms with Crippen molar-refractivity contribution in [3.63, 3.8) is 0 Å². The number of rotatable bonds is 10. The van der Waals surface area contributed by atoms with Gasteiger partial charge in [-0.05, 0) is 12.5 Å². The summed E-state index contributed by atoms with van der Waals surface area (Å²) in [7, 11) is 3.37. The Hall–Kier alpha value is -1.23. The van der Waals surface area contributed by atoms with Crippen molar-refractivity contribution >= 4 is 5.78 Å². The molecular weight excluding hydrogens is 254 g/mol. The molecule has 0 aromatic heterocycles. The molecule has 0 aliphatic carbocycles. The molecule has 0 radical (unpaired) electrons. The van der Waals surface area contributed by atoms with Gasteiger partial charge in [0, 0.05) is 45.8 Å². The largest absolute Gasteiger partial charge is 0.383 e. The Kier molecular flexibility index (Phi) is 8.11. The van der Waals surface area contributed by atoms with Gasteiger partial charge in [-0.1, -0.05) is 24.3 Å². The van der Waals surface area contributed by atoms with Gasteiger partial charge in [0.05, 0.1) is 13.2 Å². The van der Waals surface area contributed by atoms with E-state index in [0.717, 1.165) is 30.8 Å². The van der Waals surface area contributed by atoms with Crippen LogP contribution in [0.2, 0.25) is 0 Å². The third kappa shape index (κ3) is 5.82. The molecule has 0 N–H and O–H groups in total. The Labute approximate surface area is 121 Å². The van der Waals surface area contributed by atoms with Crippen molar-refractivity contribution in [2.75, 3.05) is 47.1 Å². The molecule has 0 saturated heterocycles. The average molecular weight is 279 g/mol. The lowest BCUT2D eigenvalue weighted by atomic mass is 10.0. The topological polar surface area (TPSA) is 38.8 Å². The highest BCUT2D eigenvalue weighted by Crippen LogP contribution is 2.10. The fourth-order valence-electron chi connectivity index (χ4n) is 2.06. The van der Waals surface area contributed by atoms with Crippen LogP contribution in [0.5, 0.6) is 0 Å². The van der Waals surface area contributed by atoms with Gasteiger partial charge in [0.1, 0.15) is 0 Å². The van der Waals surface area contributed by atoms with Crippen molar-refractivity contribution in [1.82, 2.24) is 4.90 Å². The fourth-order valence-corrected chi connectivity index (χ4v) is 2.06. The smallest absolute Gasteiger partial charge is 0.164 e. The Morgan fingerprint density at radius 3 is 2.20 bits per heavy atom. The van der Waals surface area contributed by atoms with Crippen molar-refractivity contribution < 1.29 is 14.3 Å². The Morgan fingerprint density at radius 1 is 1.05 bits per heavy atom. The maximum atomic E-state index is 12.2. The lowest BCUT2D eigenvalue weighted by Gasteiger charge is -2.21. The zero-order valence-electron chi connectivity index (χ0n) is 12.7. The third-order valence-electron chi connectivity index (χ3n) is 3.32. The van der Waals surface area contributed by atoms with Gasteiger partial charge in [-0.25, -0.2) is 0 Å². The van der Waals surface area contributed by atoms with Crippen LogP contribution in [0.15, 0.2) is 24.3 Å². The van der Waals surface area contributed by atoms with E-state index in [1.54, 1.807) is 14.2 Å². The standard InChI is InChI=1S/C16H25NO3/c1-14-6-4-5-7-15(14)16(18)8-9-17(10-12-19-2)11-13-20-3/h4-7H,8-13H2,1-3H3. The monoisotopic (exact) mass is 279 g/mol. The lowest BCUT2D eigenvalue weighted by Crippen LogP contribution is -2.32. The Balaban J connectivity index is 2.49. The molecule has 0 fully saturated rings. The minimum absolute atomic E-state index is 0.197. The molecule has 0 spiro atoms. The molecule has 4 heteroatoms. The van der Waals surface area contributed by atoms with Gasteiger partial charge in [-0.15, -0.1) is 0 Å². The number of carbonyl (C=O) groups excluding carboxylic acids is 1. The first-order chi connectivity index (χ1) is 9.69. The maximum absolute atomic E-state index is 12.2. The molecule has 1 rings (SSSR count). The van der Waals surface area contributed by atoms with E-state index < -0.39 is 0 Å². The first-order valence-electron chi connectivity index (χ1n) is 6.98. The number of carbonyl (C=O) groups is 1. The van der Waals surface area contributed by atoms with E-state index in [1.807, 2.05) is 31.2 Å². The predicted octanol–water partition coefficient (Wildman–Crippen LogP) is 2.16. The van der Waals surface area contributed by atoms with Crippen molar-refractivity contribution in [3.05, 3.63) is 35.4 Å². The molecule has 0 aliphatic heterocycles. The second kappa shape index (κ2) is 9.64. The minimum atomic E-state index is 0.197. The van der Waals surface area contributed by atoms with Gasteiger partial charge in [-0.2, -0.15) is 0 Å². The molecule has 1 aromatic carbocycles. The average Bonchev–Trinajstić information content (AvgIpc) is 2.46. The highest BCUT2D eigenvalue weighted by atomic mass is 16.5. The molecule has 0 unspecified atom stereocenters. The molecule has 0 heterocycles. The van der Waals surface area contributed by atoms with Gasteiger partial charge in [-0.3, -0.25) is 9.69 Å². The first-order valence-corrected chi connectivity index (χ1v) is 6.98. The van der Waals surface area contributed by atoms with Crippen LogP contribution in [-0.2, 0) is 9.47 Å². The van der Waals surface area contributed by atoms with Crippen LogP contribution in [0.25, 0.3) is 0 Å². The van der Waals surface area contributed by atoms with E-state index in [0.29, 0.717) is 19.6 Å². The number of benzene rings is 1. The molecule has 0 bridgehead atoms. The zero-order chi connectivity index (χ0) is 14.8. The molecule has 0 aliphatic rings. The molecule has 1 aromatic rings. The molecule has 0 atom stereocenters. The van der Waals surface area contributed by atoms with E-state index in [4.69, 9.17) is 9.47 Å². The fraction of sp³-hybridized carbons (Fsp3) is 0.562. The van der Waals surface area contributed by atoms with Crippen molar-refractivity contribution in [2.24, 2.45) is 0 Å². The quantitative estimate of drug-likeness (QED) is 0.615. The number of ether oxygens (including phenoxy) is 2. The third-order valence-corrected chi connectivity index (χ3v) is 3.32. The number of ketones is 1. The van der Waals surface area contributed by atoms with Gasteiger partial charge in [0.2, 0.25) is 0 Å². The highest BCUT2D eigenvalue weighted by molar-refractivity contribution is 5.97. The number of nitrogens with zero attached hydrogens (tertiary/aromatic N) is 1. The van der Waals surface area contributed by atoms with Gasteiger partial charge in [0.25, 0.3) is 0 Å². The van der Waals surface area contributed by atoms with Crippen LogP contribution < -0.4 is 0 Å². The molecule has 112 valence electrons. The van der Waals surface area contributed by atoms with E-state index in [1.165, 1.54) is 0 Å². The van der Waals surface area contributed by atoms with E-state index in [9.17, 15) is 4.79 Å². The first kappa shape index (κ1) is 16.8. The van der Waals surface area contributed by atoms with Crippen LogP contribution in [0.1, 0.15) is 22.3 Å². The van der Waals surface area contributed by atoms with Crippen molar-refractivity contribution in [3.8, 4) is 0 Å². The normalized spacial score (nSPS) is 11.0. The van der Waals surface area contributed by atoms with E-state index in [-0.39, 0.29) is 5.78 Å². The summed E-state index contributed by atoms with van der Waals surface area (Å²) in [5.74, 6) is 0.197. The minimum Gasteiger partial charge on any atom is -0.383 e. The SMILES string of the molecule is COCCN(CCOC)CCC(=O)c1ccccc1C. The summed E-state index contributed by atoms with van der Waals surface area (Å²) >= 11 is 0. The van der Waals surface area contributed by atoms with Crippen molar-refractivity contribution in [2.45, 2.75) is 13.3 Å². The molecular formula is C16H25NO3. The Morgan fingerprint density at radius 2 is 1.65 bits per heavy atom. The maximum Gasteiger partial charge on any atom is 0.164 e. The second-order valence-electron chi connectivity index (χ2n) is 4.82. The number of methoxy groups -OCH3 is 2. The van der Waals surface area contributed by atoms with Crippen LogP contribution >= 0.6 is 0 Å². The summed E-state index contributed by atoms with van der Waals surface area (Å²) in [5, 5.41) is 0. The van der Waals surface area contributed by atoms with Crippen molar-refractivity contribution in [1.29, 1.82) is 0 Å². The molecule has 0 amide bonds. The summed E-state index contributed by atoms with van der Waals surface area (Å²) < 4.78 is 10.2. The summed E-state index contributed by atoms with van der Waals surface area (Å²) in [6, 6.07) is 7.73. The van der Waals surface area contributed by atoms with E-state index in [2.05, 4.69) is 4.90 Å². The second-order valence-corrected chi connectivity index (χ2v) is 4.82. The molecule has 4 nitrogen and oxygen atoms in total. The van der Waals surface area contributed by atoms with Gasteiger partial charge >= 0.3 is 0 Å². The Bertz CT molecular complexity index is 398. The van der Waals surface area contributed by atoms with Crippen LogP contribution in [-0.4, -0.2) is 57.8 Å². The zero-order valence-corrected chi connectivity index (χ0v) is 12.7. The van der Waals surface area contributed by atoms with Gasteiger partial charge < -0.3 is 9.47 Å². The summed E-state index contributed by atoms with van der Waals surface area (Å²) in [5.41, 5.74) is 1.86. The summed E-state index contributed by atoms with van der Waals surface area (Å²) in [6.45, 7) is 5.69. The predicted molar refractivity (Wildman–Crippen MR) is 80.3 cm³/mol. The number of Topliss-reactive ketones (excluding diaryl/α,β-unsaturated/α-hetero) is 1. The van der Waals surface area contributed by atoms with Crippen LogP contribution in [0.4, 0.5) is 0 Å². The van der Waals surface area contributed by atoms with E-state index >= 15 is 0 Å². The lowest BCUT2D eigenvalue weighted by molar-refractivity contribution is 0.0911. The summed E-state index contributed by atoms with van der Waals surface area (Å²) in [4.78, 5) is 14.4. The number of hydrogen-bond donors (Lipinski definition) is 0.